The van der Waals surface area contributed by atoms with Crippen molar-refractivity contribution in [3.05, 3.63) is 35.1 Å². The molecular formula is C13H16FN3OS. The lowest BCUT2D eigenvalue weighted by molar-refractivity contribution is 0.1000. The Kier molecular flexibility index (Phi) is 3.80. The maximum atomic E-state index is 14.1. The van der Waals surface area contributed by atoms with Gasteiger partial charge in [-0.1, -0.05) is 0 Å². The molecule has 1 aliphatic heterocycles. The molecule has 4 N–H and O–H groups in total. The molecule has 0 spiro atoms. The van der Waals surface area contributed by atoms with Crippen molar-refractivity contribution in [3.63, 3.8) is 0 Å². The molecule has 6 heteroatoms. The summed E-state index contributed by atoms with van der Waals surface area (Å²) in [6.07, 6.45) is 0.664. The summed E-state index contributed by atoms with van der Waals surface area (Å²) in [5.41, 5.74) is 11.0. The summed E-state index contributed by atoms with van der Waals surface area (Å²) >= 11 is 1.67. The molecule has 1 aliphatic rings. The molecule has 0 saturated heterocycles. The number of amides is 1. The van der Waals surface area contributed by atoms with Crippen LogP contribution in [0, 0.1) is 5.82 Å². The Morgan fingerprint density at radius 1 is 1.53 bits per heavy atom. The van der Waals surface area contributed by atoms with Gasteiger partial charge in [-0.3, -0.25) is 9.79 Å². The molecule has 0 bridgehead atoms. The number of rotatable bonds is 2. The molecule has 102 valence electrons. The Bertz CT molecular complexity index is 547. The van der Waals surface area contributed by atoms with Gasteiger partial charge in [-0.15, -0.1) is 0 Å². The lowest BCUT2D eigenvalue weighted by Gasteiger charge is -2.25. The summed E-state index contributed by atoms with van der Waals surface area (Å²) in [6, 6.07) is 4.11. The Labute approximate surface area is 115 Å². The minimum Gasteiger partial charge on any atom is -0.387 e. The van der Waals surface area contributed by atoms with Gasteiger partial charge in [-0.2, -0.15) is 11.8 Å². The van der Waals surface area contributed by atoms with Crippen molar-refractivity contribution in [1.82, 2.24) is 0 Å². The lowest BCUT2D eigenvalue weighted by atomic mass is 9.88. The molecule has 1 aromatic rings. The van der Waals surface area contributed by atoms with Gasteiger partial charge >= 0.3 is 0 Å². The zero-order chi connectivity index (χ0) is 14.0. The number of nitrogens with two attached hydrogens (primary N) is 2. The SMILES string of the molecule is C[C@@]1(c2cc(C(N)=O)ccc2F)CCSCC(N)=N1. The average molecular weight is 281 g/mol. The summed E-state index contributed by atoms with van der Waals surface area (Å²) < 4.78 is 14.1. The minimum absolute atomic E-state index is 0.281. The Morgan fingerprint density at radius 3 is 2.95 bits per heavy atom. The molecule has 0 saturated carbocycles. The van der Waals surface area contributed by atoms with Crippen LogP contribution in [-0.4, -0.2) is 23.2 Å². The maximum Gasteiger partial charge on any atom is 0.248 e. The zero-order valence-corrected chi connectivity index (χ0v) is 11.5. The van der Waals surface area contributed by atoms with E-state index in [-0.39, 0.29) is 5.56 Å². The van der Waals surface area contributed by atoms with Crippen molar-refractivity contribution in [2.45, 2.75) is 18.9 Å². The van der Waals surface area contributed by atoms with Crippen molar-refractivity contribution in [2.75, 3.05) is 11.5 Å². The highest BCUT2D eigenvalue weighted by molar-refractivity contribution is 7.99. The Morgan fingerprint density at radius 2 is 2.26 bits per heavy atom. The first kappa shape index (κ1) is 13.9. The van der Waals surface area contributed by atoms with Crippen molar-refractivity contribution in [3.8, 4) is 0 Å². The van der Waals surface area contributed by atoms with E-state index in [0.717, 1.165) is 5.75 Å². The molecular weight excluding hydrogens is 265 g/mol. The number of carbonyl (C=O) groups excluding carboxylic acids is 1. The summed E-state index contributed by atoms with van der Waals surface area (Å²) in [7, 11) is 0. The van der Waals surface area contributed by atoms with Crippen molar-refractivity contribution >= 4 is 23.5 Å². The van der Waals surface area contributed by atoms with E-state index < -0.39 is 17.3 Å². The van der Waals surface area contributed by atoms with Gasteiger partial charge in [0.15, 0.2) is 0 Å². The average Bonchev–Trinajstić information content (AvgIpc) is 2.51. The summed E-state index contributed by atoms with van der Waals surface area (Å²) in [5.74, 6) is 1.00. The van der Waals surface area contributed by atoms with E-state index in [0.29, 0.717) is 23.6 Å². The molecule has 19 heavy (non-hydrogen) atoms. The topological polar surface area (TPSA) is 81.5 Å². The number of primary amides is 1. The minimum atomic E-state index is -0.747. The molecule has 1 atom stereocenters. The Balaban J connectivity index is 2.52. The van der Waals surface area contributed by atoms with Crippen LogP contribution >= 0.6 is 11.8 Å². The number of benzene rings is 1. The van der Waals surface area contributed by atoms with Gasteiger partial charge in [0.25, 0.3) is 0 Å². The summed E-state index contributed by atoms with van der Waals surface area (Å²) in [5, 5.41) is 0. The number of carbonyl (C=O) groups is 1. The van der Waals surface area contributed by atoms with Gasteiger partial charge in [-0.05, 0) is 37.3 Å². The van der Waals surface area contributed by atoms with E-state index in [9.17, 15) is 9.18 Å². The molecule has 0 aliphatic carbocycles. The van der Waals surface area contributed by atoms with Crippen molar-refractivity contribution in [2.24, 2.45) is 16.5 Å². The summed E-state index contributed by atoms with van der Waals surface area (Å²) in [4.78, 5) is 15.6. The van der Waals surface area contributed by atoms with E-state index >= 15 is 0 Å². The highest BCUT2D eigenvalue weighted by atomic mass is 32.2. The standard InChI is InChI=1S/C13H16FN3OS/c1-13(4-5-19-7-11(15)17-13)9-6-8(12(16)18)2-3-10(9)14/h2-3,6H,4-5,7H2,1H3,(H2,15,17)(H2,16,18)/t13-/m0/s1. The van der Waals surface area contributed by atoms with Crippen LogP contribution in [0.2, 0.25) is 0 Å². The maximum absolute atomic E-state index is 14.1. The zero-order valence-electron chi connectivity index (χ0n) is 10.6. The van der Waals surface area contributed by atoms with Gasteiger partial charge in [-0.25, -0.2) is 4.39 Å². The van der Waals surface area contributed by atoms with Crippen LogP contribution in [0.15, 0.2) is 23.2 Å². The van der Waals surface area contributed by atoms with E-state index in [2.05, 4.69) is 4.99 Å². The molecule has 1 aromatic carbocycles. The van der Waals surface area contributed by atoms with E-state index in [4.69, 9.17) is 11.5 Å². The van der Waals surface area contributed by atoms with Crippen LogP contribution in [0.1, 0.15) is 29.3 Å². The van der Waals surface area contributed by atoms with Crippen LogP contribution in [0.3, 0.4) is 0 Å². The molecule has 1 amide bonds. The molecule has 1 heterocycles. The number of hydrogen-bond donors (Lipinski definition) is 2. The van der Waals surface area contributed by atoms with Crippen LogP contribution < -0.4 is 11.5 Å². The number of halogens is 1. The lowest BCUT2D eigenvalue weighted by Crippen LogP contribution is -2.26. The first-order valence-electron chi connectivity index (χ1n) is 5.94. The second-order valence-electron chi connectivity index (χ2n) is 4.74. The fourth-order valence-corrected chi connectivity index (χ4v) is 3.10. The molecule has 0 fully saturated rings. The highest BCUT2D eigenvalue weighted by Crippen LogP contribution is 2.35. The van der Waals surface area contributed by atoms with Crippen LogP contribution in [0.5, 0.6) is 0 Å². The van der Waals surface area contributed by atoms with Gasteiger partial charge in [0.1, 0.15) is 11.7 Å². The van der Waals surface area contributed by atoms with Crippen molar-refractivity contribution in [1.29, 1.82) is 0 Å². The van der Waals surface area contributed by atoms with E-state index in [1.54, 1.807) is 11.8 Å². The molecule has 0 unspecified atom stereocenters. The molecule has 0 radical (unpaired) electrons. The molecule has 0 aromatic heterocycles. The molecule has 2 rings (SSSR count). The van der Waals surface area contributed by atoms with Gasteiger partial charge < -0.3 is 11.5 Å². The van der Waals surface area contributed by atoms with Crippen molar-refractivity contribution < 1.29 is 9.18 Å². The quantitative estimate of drug-likeness (QED) is 0.864. The predicted molar refractivity (Wildman–Crippen MR) is 75.8 cm³/mol. The normalized spacial score (nSPS) is 23.6. The van der Waals surface area contributed by atoms with Crippen LogP contribution in [-0.2, 0) is 5.54 Å². The van der Waals surface area contributed by atoms with Crippen LogP contribution in [0.25, 0.3) is 0 Å². The highest BCUT2D eigenvalue weighted by Gasteiger charge is 2.31. The fourth-order valence-electron chi connectivity index (χ4n) is 2.14. The molecule has 4 nitrogen and oxygen atoms in total. The summed E-state index contributed by atoms with van der Waals surface area (Å²) in [6.45, 7) is 1.83. The van der Waals surface area contributed by atoms with E-state index in [1.165, 1.54) is 18.2 Å². The largest absolute Gasteiger partial charge is 0.387 e. The Hall–Kier alpha value is -1.56. The number of hydrogen-bond acceptors (Lipinski definition) is 4. The number of aliphatic imine (C=N–C) groups is 1. The monoisotopic (exact) mass is 281 g/mol. The number of amidine groups is 1. The van der Waals surface area contributed by atoms with Gasteiger partial charge in [0.05, 0.1) is 11.3 Å². The van der Waals surface area contributed by atoms with Crippen LogP contribution in [0.4, 0.5) is 4.39 Å². The second-order valence-corrected chi connectivity index (χ2v) is 5.84. The fraction of sp³-hybridized carbons (Fsp3) is 0.385. The third-order valence-corrected chi connectivity index (χ3v) is 4.20. The first-order chi connectivity index (χ1) is 8.92. The number of nitrogens with zero attached hydrogens (tertiary/aromatic N) is 1. The smallest absolute Gasteiger partial charge is 0.248 e. The predicted octanol–water partition coefficient (Wildman–Crippen LogP) is 1.63. The third-order valence-electron chi connectivity index (χ3n) is 3.20. The second kappa shape index (κ2) is 5.21. The van der Waals surface area contributed by atoms with E-state index in [1.807, 2.05) is 6.92 Å². The number of thioether (sulfide) groups is 1. The first-order valence-corrected chi connectivity index (χ1v) is 7.09. The van der Waals surface area contributed by atoms with Gasteiger partial charge in [0.2, 0.25) is 5.91 Å². The van der Waals surface area contributed by atoms with Gasteiger partial charge in [0, 0.05) is 11.1 Å². The third kappa shape index (κ3) is 2.89.